The van der Waals surface area contributed by atoms with Gasteiger partial charge in [0.05, 0.1) is 23.6 Å². The molecule has 3 heterocycles. The normalized spacial score (nSPS) is 14.2. The number of hydrogen-bond acceptors (Lipinski definition) is 8. The van der Waals surface area contributed by atoms with Crippen LogP contribution in [0.3, 0.4) is 0 Å². The van der Waals surface area contributed by atoms with Gasteiger partial charge in [-0.25, -0.2) is 14.2 Å². The van der Waals surface area contributed by atoms with Crippen molar-refractivity contribution >= 4 is 40.8 Å². The SMILES string of the molecule is Cc1nnc(-c2cc(Cl)ccc2F)cc1Nc1ccnc(NC(=O)CN2CCN(CCN(C)C(=O)O)CC2)c1. The molecule has 1 saturated heterocycles. The highest BCUT2D eigenvalue weighted by Gasteiger charge is 2.20. The van der Waals surface area contributed by atoms with Crippen LogP contribution in [-0.2, 0) is 4.79 Å². The van der Waals surface area contributed by atoms with E-state index in [1.165, 1.54) is 23.1 Å². The van der Waals surface area contributed by atoms with Gasteiger partial charge in [-0.2, -0.15) is 10.2 Å². The molecule has 0 saturated carbocycles. The standard InChI is InChI=1S/C26H30ClFN8O3/c1-17-22(15-23(33-32-17)20-13-18(27)3-4-21(20)28)30-19-5-6-29-24(14-19)31-25(37)16-36-11-9-35(10-12-36)8-7-34(2)26(38)39/h3-6,13-15H,7-12,16H2,1-2H3,(H,38,39)(H2,29,30,31,33,37). The number of benzene rings is 1. The molecule has 13 heteroatoms. The summed E-state index contributed by atoms with van der Waals surface area (Å²) in [6, 6.07) is 9.39. The Morgan fingerprint density at radius 3 is 2.59 bits per heavy atom. The first-order valence-electron chi connectivity index (χ1n) is 12.4. The number of anilines is 3. The smallest absolute Gasteiger partial charge is 0.407 e. The van der Waals surface area contributed by atoms with Crippen LogP contribution in [0.4, 0.5) is 26.4 Å². The molecule has 1 aliphatic heterocycles. The zero-order valence-corrected chi connectivity index (χ0v) is 22.5. The fourth-order valence-corrected chi connectivity index (χ4v) is 4.25. The molecule has 2 amide bonds. The minimum absolute atomic E-state index is 0.181. The number of carboxylic acid groups (broad SMARTS) is 1. The first-order chi connectivity index (χ1) is 18.7. The maximum absolute atomic E-state index is 14.3. The van der Waals surface area contributed by atoms with Crippen molar-refractivity contribution in [1.82, 2.24) is 29.9 Å². The molecular formula is C26H30ClFN8O3. The van der Waals surface area contributed by atoms with Crippen molar-refractivity contribution in [3.05, 3.63) is 59.1 Å². The van der Waals surface area contributed by atoms with E-state index >= 15 is 0 Å². The van der Waals surface area contributed by atoms with Crippen LogP contribution in [0, 0.1) is 12.7 Å². The Labute approximate surface area is 230 Å². The van der Waals surface area contributed by atoms with Crippen molar-refractivity contribution in [2.45, 2.75) is 6.92 Å². The van der Waals surface area contributed by atoms with E-state index < -0.39 is 11.9 Å². The third-order valence-corrected chi connectivity index (χ3v) is 6.63. The summed E-state index contributed by atoms with van der Waals surface area (Å²) >= 11 is 6.03. The predicted octanol–water partition coefficient (Wildman–Crippen LogP) is 3.55. The first-order valence-corrected chi connectivity index (χ1v) is 12.8. The van der Waals surface area contributed by atoms with E-state index in [1.807, 2.05) is 0 Å². The molecular weight excluding hydrogens is 527 g/mol. The number of rotatable bonds is 9. The lowest BCUT2D eigenvalue weighted by Gasteiger charge is -2.34. The topological polar surface area (TPSA) is 127 Å². The van der Waals surface area contributed by atoms with Crippen molar-refractivity contribution in [3.8, 4) is 11.3 Å². The van der Waals surface area contributed by atoms with Crippen molar-refractivity contribution in [2.75, 3.05) is 63.5 Å². The van der Waals surface area contributed by atoms with Crippen LogP contribution in [0.1, 0.15) is 5.69 Å². The fourth-order valence-electron chi connectivity index (χ4n) is 4.08. The fraction of sp³-hybridized carbons (Fsp3) is 0.346. The number of hydrogen-bond donors (Lipinski definition) is 3. The molecule has 0 unspecified atom stereocenters. The van der Waals surface area contributed by atoms with Crippen LogP contribution >= 0.6 is 11.6 Å². The molecule has 4 rings (SSSR count). The van der Waals surface area contributed by atoms with Gasteiger partial charge < -0.3 is 20.6 Å². The van der Waals surface area contributed by atoms with Crippen LogP contribution in [-0.4, -0.2) is 99.8 Å². The highest BCUT2D eigenvalue weighted by Crippen LogP contribution is 2.28. The Hall–Kier alpha value is -3.87. The Morgan fingerprint density at radius 2 is 1.85 bits per heavy atom. The van der Waals surface area contributed by atoms with Gasteiger partial charge in [-0.1, -0.05) is 11.6 Å². The molecule has 0 aliphatic carbocycles. The average Bonchev–Trinajstić information content (AvgIpc) is 2.91. The summed E-state index contributed by atoms with van der Waals surface area (Å²) in [6.45, 7) is 6.06. The zero-order chi connectivity index (χ0) is 27.9. The van der Waals surface area contributed by atoms with Crippen LogP contribution in [0.25, 0.3) is 11.3 Å². The number of nitrogens with one attached hydrogen (secondary N) is 2. The molecule has 0 bridgehead atoms. The van der Waals surface area contributed by atoms with E-state index in [2.05, 4.69) is 35.6 Å². The number of piperazine rings is 1. The van der Waals surface area contributed by atoms with E-state index in [0.717, 1.165) is 13.1 Å². The Morgan fingerprint density at radius 1 is 1.10 bits per heavy atom. The summed E-state index contributed by atoms with van der Waals surface area (Å²) in [6.07, 6.45) is 0.635. The molecule has 0 spiro atoms. The summed E-state index contributed by atoms with van der Waals surface area (Å²) in [5.74, 6) is -0.245. The lowest BCUT2D eigenvalue weighted by Crippen LogP contribution is -2.50. The number of carbonyl (C=O) groups excluding carboxylic acids is 1. The van der Waals surface area contributed by atoms with Crippen LogP contribution in [0.5, 0.6) is 0 Å². The second-order valence-electron chi connectivity index (χ2n) is 9.28. The van der Waals surface area contributed by atoms with Gasteiger partial charge in [0.15, 0.2) is 0 Å². The Kier molecular flexibility index (Phi) is 9.23. The molecule has 1 fully saturated rings. The Bertz CT molecular complexity index is 1340. The van der Waals surface area contributed by atoms with E-state index in [9.17, 15) is 14.0 Å². The van der Waals surface area contributed by atoms with Gasteiger partial charge in [-0.3, -0.25) is 14.6 Å². The number of pyridine rings is 1. The maximum atomic E-state index is 14.3. The molecule has 3 N–H and O–H groups in total. The van der Waals surface area contributed by atoms with Gasteiger partial charge in [-0.05, 0) is 37.3 Å². The number of amides is 2. The van der Waals surface area contributed by atoms with Crippen molar-refractivity contribution in [3.63, 3.8) is 0 Å². The minimum Gasteiger partial charge on any atom is -0.465 e. The van der Waals surface area contributed by atoms with Gasteiger partial charge in [0.2, 0.25) is 5.91 Å². The van der Waals surface area contributed by atoms with E-state index in [1.54, 1.807) is 38.4 Å². The van der Waals surface area contributed by atoms with Crippen molar-refractivity contribution in [1.29, 1.82) is 0 Å². The number of carbonyl (C=O) groups is 2. The molecule has 39 heavy (non-hydrogen) atoms. The number of likely N-dealkylation sites (N-methyl/N-ethyl adjacent to an activating group) is 1. The van der Waals surface area contributed by atoms with E-state index in [0.29, 0.717) is 59.8 Å². The van der Waals surface area contributed by atoms with Gasteiger partial charge in [0, 0.05) is 74.9 Å². The number of aryl methyl sites for hydroxylation is 1. The summed E-state index contributed by atoms with van der Waals surface area (Å²) in [5, 5.41) is 23.7. The van der Waals surface area contributed by atoms with Crippen molar-refractivity contribution in [2.24, 2.45) is 0 Å². The average molecular weight is 557 g/mol. The van der Waals surface area contributed by atoms with E-state index in [4.69, 9.17) is 16.7 Å². The quantitative estimate of drug-likeness (QED) is 0.362. The molecule has 2 aromatic heterocycles. The third kappa shape index (κ3) is 7.82. The number of nitrogens with zero attached hydrogens (tertiary/aromatic N) is 6. The molecule has 11 nitrogen and oxygen atoms in total. The lowest BCUT2D eigenvalue weighted by molar-refractivity contribution is -0.117. The highest BCUT2D eigenvalue weighted by molar-refractivity contribution is 6.30. The van der Waals surface area contributed by atoms with Crippen LogP contribution in [0.15, 0.2) is 42.6 Å². The summed E-state index contributed by atoms with van der Waals surface area (Å²) in [4.78, 5) is 33.4. The molecule has 1 aromatic carbocycles. The predicted molar refractivity (Wildman–Crippen MR) is 147 cm³/mol. The Balaban J connectivity index is 1.32. The van der Waals surface area contributed by atoms with Crippen LogP contribution in [0.2, 0.25) is 5.02 Å². The van der Waals surface area contributed by atoms with Crippen LogP contribution < -0.4 is 10.6 Å². The maximum Gasteiger partial charge on any atom is 0.407 e. The molecule has 3 aromatic rings. The number of halogens is 2. The minimum atomic E-state index is -0.941. The molecule has 206 valence electrons. The highest BCUT2D eigenvalue weighted by atomic mass is 35.5. The third-order valence-electron chi connectivity index (χ3n) is 6.40. The molecule has 0 radical (unpaired) electrons. The molecule has 0 atom stereocenters. The number of aromatic nitrogens is 3. The second kappa shape index (κ2) is 12.8. The second-order valence-corrected chi connectivity index (χ2v) is 9.71. The molecule has 1 aliphatic rings. The van der Waals surface area contributed by atoms with Gasteiger partial charge in [0.25, 0.3) is 0 Å². The summed E-state index contributed by atoms with van der Waals surface area (Å²) in [7, 11) is 1.55. The monoisotopic (exact) mass is 556 g/mol. The first kappa shape index (κ1) is 28.1. The van der Waals surface area contributed by atoms with Crippen molar-refractivity contribution < 1.29 is 19.1 Å². The largest absolute Gasteiger partial charge is 0.465 e. The summed E-state index contributed by atoms with van der Waals surface area (Å²) < 4.78 is 14.3. The van der Waals surface area contributed by atoms with Gasteiger partial charge >= 0.3 is 6.09 Å². The van der Waals surface area contributed by atoms with Gasteiger partial charge in [0.1, 0.15) is 11.6 Å². The summed E-state index contributed by atoms with van der Waals surface area (Å²) in [5.41, 5.74) is 2.47. The lowest BCUT2D eigenvalue weighted by atomic mass is 10.1. The zero-order valence-electron chi connectivity index (χ0n) is 21.7. The van der Waals surface area contributed by atoms with E-state index in [-0.39, 0.29) is 18.0 Å². The van der Waals surface area contributed by atoms with Gasteiger partial charge in [-0.15, -0.1) is 0 Å².